The Labute approximate surface area is 199 Å². The van der Waals surface area contributed by atoms with E-state index in [1.54, 1.807) is 62.4 Å². The number of carbonyl (C=O) groups is 3. The standard InChI is InChI=1S/C23H21ClN2O6S/c1-23(2,32-16-6-4-15(24)5-7-16)21(28)25-9-10-26-20(27)19(33-22(26)29)12-14-3-8-17-18(11-14)31-13-30-17/h3-8,11-12H,9-10,13H2,1-2H3,(H,25,28)/b19-12-. The molecule has 8 nitrogen and oxygen atoms in total. The first-order valence-electron chi connectivity index (χ1n) is 10.1. The van der Waals surface area contributed by atoms with Crippen molar-refractivity contribution in [1.82, 2.24) is 10.2 Å². The van der Waals surface area contributed by atoms with Crippen molar-refractivity contribution in [2.45, 2.75) is 19.4 Å². The monoisotopic (exact) mass is 488 g/mol. The fourth-order valence-corrected chi connectivity index (χ4v) is 4.18. The van der Waals surface area contributed by atoms with Crippen LogP contribution < -0.4 is 19.5 Å². The summed E-state index contributed by atoms with van der Waals surface area (Å²) in [5.41, 5.74) is -0.439. The lowest BCUT2D eigenvalue weighted by Crippen LogP contribution is -2.48. The molecule has 1 fully saturated rings. The summed E-state index contributed by atoms with van der Waals surface area (Å²) >= 11 is 6.72. The van der Waals surface area contributed by atoms with E-state index in [1.165, 1.54) is 0 Å². The van der Waals surface area contributed by atoms with Gasteiger partial charge in [-0.1, -0.05) is 17.7 Å². The Hall–Kier alpha value is -3.17. The van der Waals surface area contributed by atoms with Crippen molar-refractivity contribution in [2.75, 3.05) is 19.9 Å². The molecule has 1 saturated heterocycles. The number of nitrogens with one attached hydrogen (secondary N) is 1. The summed E-state index contributed by atoms with van der Waals surface area (Å²) in [6, 6.07) is 12.0. The Morgan fingerprint density at radius 3 is 2.67 bits per heavy atom. The third kappa shape index (κ3) is 5.26. The van der Waals surface area contributed by atoms with Gasteiger partial charge in [-0.05, 0) is 73.6 Å². The van der Waals surface area contributed by atoms with Gasteiger partial charge in [-0.2, -0.15) is 0 Å². The van der Waals surface area contributed by atoms with E-state index in [9.17, 15) is 14.4 Å². The first-order valence-corrected chi connectivity index (χ1v) is 11.3. The van der Waals surface area contributed by atoms with Gasteiger partial charge >= 0.3 is 0 Å². The average molecular weight is 489 g/mol. The topological polar surface area (TPSA) is 94.2 Å². The van der Waals surface area contributed by atoms with Crippen LogP contribution in [0.2, 0.25) is 5.02 Å². The van der Waals surface area contributed by atoms with E-state index in [4.69, 9.17) is 25.8 Å². The molecule has 3 amide bonds. The molecule has 1 N–H and O–H groups in total. The van der Waals surface area contributed by atoms with Gasteiger partial charge in [0, 0.05) is 18.1 Å². The Balaban J connectivity index is 1.32. The molecule has 2 aliphatic rings. The molecule has 0 aromatic heterocycles. The first-order chi connectivity index (χ1) is 15.7. The number of hydrogen-bond acceptors (Lipinski definition) is 7. The molecule has 2 aromatic carbocycles. The van der Waals surface area contributed by atoms with Gasteiger partial charge in [0.05, 0.1) is 4.91 Å². The van der Waals surface area contributed by atoms with Gasteiger partial charge in [-0.15, -0.1) is 0 Å². The van der Waals surface area contributed by atoms with E-state index in [0.29, 0.717) is 27.2 Å². The van der Waals surface area contributed by atoms with Crippen molar-refractivity contribution in [3.8, 4) is 17.2 Å². The minimum atomic E-state index is -1.16. The highest BCUT2D eigenvalue weighted by atomic mass is 35.5. The summed E-state index contributed by atoms with van der Waals surface area (Å²) in [5.74, 6) is 0.946. The Morgan fingerprint density at radius 1 is 1.18 bits per heavy atom. The van der Waals surface area contributed by atoms with Crippen LogP contribution in [-0.4, -0.2) is 47.4 Å². The van der Waals surface area contributed by atoms with Crippen molar-refractivity contribution < 1.29 is 28.6 Å². The van der Waals surface area contributed by atoms with Crippen LogP contribution in [0.5, 0.6) is 17.2 Å². The molecule has 0 radical (unpaired) electrons. The van der Waals surface area contributed by atoms with E-state index in [2.05, 4.69) is 5.32 Å². The zero-order chi connectivity index (χ0) is 23.6. The molecule has 0 saturated carbocycles. The van der Waals surface area contributed by atoms with Gasteiger partial charge in [-0.25, -0.2) is 0 Å². The van der Waals surface area contributed by atoms with E-state index in [1.807, 2.05) is 0 Å². The van der Waals surface area contributed by atoms with Crippen LogP contribution in [0.25, 0.3) is 6.08 Å². The molecule has 2 aromatic rings. The van der Waals surface area contributed by atoms with Gasteiger partial charge in [-0.3, -0.25) is 19.3 Å². The average Bonchev–Trinajstić information content (AvgIpc) is 3.34. The maximum atomic E-state index is 12.7. The fraction of sp³-hybridized carbons (Fsp3) is 0.261. The first kappa shape index (κ1) is 23.0. The number of imide groups is 1. The SMILES string of the molecule is CC(C)(Oc1ccc(Cl)cc1)C(=O)NCCN1C(=O)S/C(=C\c2ccc3c(c2)OCO3)C1=O. The summed E-state index contributed by atoms with van der Waals surface area (Å²) in [4.78, 5) is 39.0. The molecule has 0 spiro atoms. The number of halogens is 1. The summed E-state index contributed by atoms with van der Waals surface area (Å²) in [7, 11) is 0. The van der Waals surface area contributed by atoms with Gasteiger partial charge in [0.2, 0.25) is 6.79 Å². The lowest BCUT2D eigenvalue weighted by Gasteiger charge is -2.25. The molecule has 2 aliphatic heterocycles. The highest BCUT2D eigenvalue weighted by Crippen LogP contribution is 2.36. The van der Waals surface area contributed by atoms with Crippen LogP contribution >= 0.6 is 23.4 Å². The van der Waals surface area contributed by atoms with Crippen molar-refractivity contribution in [3.05, 3.63) is 58.0 Å². The summed E-state index contributed by atoms with van der Waals surface area (Å²) in [6.45, 7) is 3.56. The number of fused-ring (bicyclic) bond motifs is 1. The number of hydrogen-bond donors (Lipinski definition) is 1. The second kappa shape index (κ2) is 9.36. The zero-order valence-electron chi connectivity index (χ0n) is 17.9. The molecule has 0 unspecified atom stereocenters. The molecule has 2 heterocycles. The number of amides is 3. The van der Waals surface area contributed by atoms with E-state index >= 15 is 0 Å². The van der Waals surface area contributed by atoms with Gasteiger partial charge in [0.15, 0.2) is 17.1 Å². The predicted octanol–water partition coefficient (Wildman–Crippen LogP) is 4.08. The molecule has 4 rings (SSSR count). The lowest BCUT2D eigenvalue weighted by molar-refractivity contribution is -0.134. The van der Waals surface area contributed by atoms with Crippen molar-refractivity contribution in [3.63, 3.8) is 0 Å². The second-order valence-corrected chi connectivity index (χ2v) is 9.20. The highest BCUT2D eigenvalue weighted by Gasteiger charge is 2.35. The van der Waals surface area contributed by atoms with Crippen molar-refractivity contribution in [1.29, 1.82) is 0 Å². The van der Waals surface area contributed by atoms with E-state index in [0.717, 1.165) is 22.2 Å². The molecule has 0 atom stereocenters. The zero-order valence-corrected chi connectivity index (χ0v) is 19.5. The fourth-order valence-electron chi connectivity index (χ4n) is 3.18. The predicted molar refractivity (Wildman–Crippen MR) is 124 cm³/mol. The van der Waals surface area contributed by atoms with Crippen molar-refractivity contribution >= 4 is 46.5 Å². The smallest absolute Gasteiger partial charge is 0.293 e. The number of rotatable bonds is 7. The van der Waals surface area contributed by atoms with Crippen LogP contribution in [0, 0.1) is 0 Å². The Morgan fingerprint density at radius 2 is 1.91 bits per heavy atom. The highest BCUT2D eigenvalue weighted by molar-refractivity contribution is 8.18. The minimum absolute atomic E-state index is 0.0475. The van der Waals surface area contributed by atoms with E-state index < -0.39 is 16.7 Å². The largest absolute Gasteiger partial charge is 0.478 e. The Bertz CT molecular complexity index is 1130. The quantitative estimate of drug-likeness (QED) is 0.587. The molecule has 33 heavy (non-hydrogen) atoms. The molecular weight excluding hydrogens is 468 g/mol. The molecular formula is C23H21ClN2O6S. The van der Waals surface area contributed by atoms with Crippen LogP contribution in [0.3, 0.4) is 0 Å². The minimum Gasteiger partial charge on any atom is -0.478 e. The summed E-state index contributed by atoms with van der Waals surface area (Å²) in [6.07, 6.45) is 1.63. The number of carbonyl (C=O) groups excluding carboxylic acids is 3. The third-order valence-corrected chi connectivity index (χ3v) is 6.08. The lowest BCUT2D eigenvalue weighted by atomic mass is 10.1. The number of nitrogens with zero attached hydrogens (tertiary/aromatic N) is 1. The van der Waals surface area contributed by atoms with Gasteiger partial charge in [0.1, 0.15) is 5.75 Å². The van der Waals surface area contributed by atoms with E-state index in [-0.39, 0.29) is 25.8 Å². The maximum Gasteiger partial charge on any atom is 0.293 e. The maximum absolute atomic E-state index is 12.7. The molecule has 10 heteroatoms. The molecule has 172 valence electrons. The second-order valence-electron chi connectivity index (χ2n) is 7.77. The van der Waals surface area contributed by atoms with Gasteiger partial charge < -0.3 is 19.5 Å². The number of benzene rings is 2. The third-order valence-electron chi connectivity index (χ3n) is 4.92. The number of thioether (sulfide) groups is 1. The normalized spacial score (nSPS) is 16.5. The summed E-state index contributed by atoms with van der Waals surface area (Å²) < 4.78 is 16.4. The number of ether oxygens (including phenoxy) is 3. The van der Waals surface area contributed by atoms with Crippen LogP contribution in [0.4, 0.5) is 4.79 Å². The van der Waals surface area contributed by atoms with Crippen LogP contribution in [-0.2, 0) is 9.59 Å². The molecule has 0 bridgehead atoms. The summed E-state index contributed by atoms with van der Waals surface area (Å²) in [5, 5.41) is 2.89. The Kier molecular flexibility index (Phi) is 6.53. The molecule has 0 aliphatic carbocycles. The van der Waals surface area contributed by atoms with Crippen LogP contribution in [0.1, 0.15) is 19.4 Å². The van der Waals surface area contributed by atoms with Crippen LogP contribution in [0.15, 0.2) is 47.4 Å². The van der Waals surface area contributed by atoms with Gasteiger partial charge in [0.25, 0.3) is 17.1 Å². The van der Waals surface area contributed by atoms with Crippen molar-refractivity contribution in [2.24, 2.45) is 0 Å².